The van der Waals surface area contributed by atoms with Crippen LogP contribution in [0.4, 0.5) is 0 Å². The number of ether oxygens (including phenoxy) is 1. The summed E-state index contributed by atoms with van der Waals surface area (Å²) in [6.07, 6.45) is 22.5. The fraction of sp³-hybridized carbons (Fsp3) is 0.739. The van der Waals surface area contributed by atoms with Gasteiger partial charge < -0.3 is 4.74 Å². The molecule has 1 nitrogen and oxygen atoms in total. The highest BCUT2D eigenvalue weighted by Crippen LogP contribution is 2.32. The van der Waals surface area contributed by atoms with Crippen molar-refractivity contribution in [2.24, 2.45) is 17.8 Å². The molecule has 0 bridgehead atoms. The zero-order valence-electron chi connectivity index (χ0n) is 15.8. The van der Waals surface area contributed by atoms with E-state index in [0.717, 1.165) is 18.4 Å². The molecular weight excluding hydrogens is 292 g/mol. The van der Waals surface area contributed by atoms with Gasteiger partial charge >= 0.3 is 0 Å². The van der Waals surface area contributed by atoms with Crippen molar-refractivity contribution in [2.75, 3.05) is 6.61 Å². The molecule has 0 amide bonds. The van der Waals surface area contributed by atoms with Crippen LogP contribution in [0.2, 0.25) is 0 Å². The first kappa shape index (κ1) is 19.3. The van der Waals surface area contributed by atoms with Crippen molar-refractivity contribution >= 4 is 0 Å². The molecule has 2 fully saturated rings. The van der Waals surface area contributed by atoms with Gasteiger partial charge in [-0.25, -0.2) is 0 Å². The zero-order valence-corrected chi connectivity index (χ0v) is 15.8. The summed E-state index contributed by atoms with van der Waals surface area (Å²) in [6, 6.07) is 0. The summed E-state index contributed by atoms with van der Waals surface area (Å²) in [7, 11) is 0. The minimum absolute atomic E-state index is 0.501. The van der Waals surface area contributed by atoms with Crippen LogP contribution in [0.3, 0.4) is 0 Å². The van der Waals surface area contributed by atoms with Gasteiger partial charge in [0.2, 0.25) is 0 Å². The minimum atomic E-state index is 0.501. The molecule has 0 heterocycles. The van der Waals surface area contributed by atoms with Crippen molar-refractivity contribution in [3.8, 4) is 11.8 Å². The predicted octanol–water partition coefficient (Wildman–Crippen LogP) is 6.30. The van der Waals surface area contributed by atoms with Crippen LogP contribution in [-0.4, -0.2) is 12.7 Å². The Bertz CT molecular complexity index is 394. The molecule has 0 aromatic rings. The van der Waals surface area contributed by atoms with Crippen LogP contribution in [0.15, 0.2) is 24.3 Å². The monoisotopic (exact) mass is 328 g/mol. The highest BCUT2D eigenvalue weighted by Gasteiger charge is 2.19. The standard InChI is InChI=1S/C23H36O/c1-3-9-20-12-14-21(15-13-20)10-7-5-6-8-11-22-16-18-23(19-17-22)24-4-2/h7-8,10-11,20-23H,3-4,9,12-19H2,1-2H3/t20-,21-,22-,23-. The minimum Gasteiger partial charge on any atom is -0.379 e. The van der Waals surface area contributed by atoms with Crippen LogP contribution in [-0.2, 0) is 4.74 Å². The molecule has 0 spiro atoms. The average molecular weight is 329 g/mol. The van der Waals surface area contributed by atoms with Crippen molar-refractivity contribution in [2.45, 2.75) is 84.2 Å². The molecule has 0 N–H and O–H groups in total. The van der Waals surface area contributed by atoms with E-state index in [-0.39, 0.29) is 0 Å². The third-order valence-corrected chi connectivity index (χ3v) is 5.70. The van der Waals surface area contributed by atoms with E-state index < -0.39 is 0 Å². The SMILES string of the molecule is CCC[C@H]1CC[C@H](C=CC#CC=C[C@H]2CC[C@H](OCC)CC2)CC1. The molecule has 1 heteroatoms. The first-order valence-electron chi connectivity index (χ1n) is 10.3. The second kappa shape index (κ2) is 11.5. The third kappa shape index (κ3) is 7.27. The molecule has 134 valence electrons. The molecule has 0 atom stereocenters. The number of hydrogen-bond donors (Lipinski definition) is 0. The summed E-state index contributed by atoms with van der Waals surface area (Å²) in [5.74, 6) is 8.85. The van der Waals surface area contributed by atoms with E-state index in [1.807, 2.05) is 0 Å². The Balaban J connectivity index is 1.62. The van der Waals surface area contributed by atoms with Gasteiger partial charge in [-0.15, -0.1) is 0 Å². The number of rotatable bonds is 6. The van der Waals surface area contributed by atoms with Gasteiger partial charge in [-0.2, -0.15) is 0 Å². The molecule has 0 radical (unpaired) electrons. The molecule has 2 aliphatic carbocycles. The van der Waals surface area contributed by atoms with E-state index >= 15 is 0 Å². The van der Waals surface area contributed by atoms with Gasteiger partial charge in [0.05, 0.1) is 6.10 Å². The summed E-state index contributed by atoms with van der Waals surface area (Å²) in [5.41, 5.74) is 0. The van der Waals surface area contributed by atoms with Gasteiger partial charge in [-0.1, -0.05) is 43.8 Å². The molecule has 0 aromatic carbocycles. The van der Waals surface area contributed by atoms with Crippen LogP contribution < -0.4 is 0 Å². The van der Waals surface area contributed by atoms with Crippen molar-refractivity contribution in [1.82, 2.24) is 0 Å². The summed E-state index contributed by atoms with van der Waals surface area (Å²) < 4.78 is 5.71. The van der Waals surface area contributed by atoms with E-state index in [2.05, 4.69) is 50.0 Å². The summed E-state index contributed by atoms with van der Waals surface area (Å²) >= 11 is 0. The predicted molar refractivity (Wildman–Crippen MR) is 104 cm³/mol. The maximum absolute atomic E-state index is 5.71. The normalized spacial score (nSPS) is 31.2. The maximum atomic E-state index is 5.71. The van der Waals surface area contributed by atoms with E-state index in [1.165, 1.54) is 64.2 Å². The summed E-state index contributed by atoms with van der Waals surface area (Å²) in [4.78, 5) is 0. The first-order valence-corrected chi connectivity index (χ1v) is 10.3. The van der Waals surface area contributed by atoms with Crippen molar-refractivity contribution < 1.29 is 4.74 Å². The fourth-order valence-electron chi connectivity index (χ4n) is 4.23. The van der Waals surface area contributed by atoms with E-state index in [0.29, 0.717) is 12.0 Å². The number of hydrogen-bond acceptors (Lipinski definition) is 1. The lowest BCUT2D eigenvalue weighted by atomic mass is 9.80. The maximum Gasteiger partial charge on any atom is 0.0575 e. The molecule has 0 saturated heterocycles. The van der Waals surface area contributed by atoms with Gasteiger partial charge in [0.1, 0.15) is 0 Å². The van der Waals surface area contributed by atoms with Crippen molar-refractivity contribution in [3.63, 3.8) is 0 Å². The fourth-order valence-corrected chi connectivity index (χ4v) is 4.23. The highest BCUT2D eigenvalue weighted by molar-refractivity contribution is 5.24. The second-order valence-corrected chi connectivity index (χ2v) is 7.57. The Labute approximate surface area is 149 Å². The van der Waals surface area contributed by atoms with Crippen LogP contribution in [0.25, 0.3) is 0 Å². The molecule has 0 unspecified atom stereocenters. The van der Waals surface area contributed by atoms with Gasteiger partial charge in [0, 0.05) is 6.61 Å². The van der Waals surface area contributed by atoms with Gasteiger partial charge in [-0.05, 0) is 88.2 Å². The Morgan fingerprint density at radius 1 is 0.792 bits per heavy atom. The van der Waals surface area contributed by atoms with Gasteiger partial charge in [0.15, 0.2) is 0 Å². The van der Waals surface area contributed by atoms with E-state index in [9.17, 15) is 0 Å². The lowest BCUT2D eigenvalue weighted by Gasteiger charge is -2.26. The molecule has 2 rings (SSSR count). The Kier molecular flexibility index (Phi) is 9.29. The Morgan fingerprint density at radius 2 is 1.33 bits per heavy atom. The first-order chi connectivity index (χ1) is 11.8. The second-order valence-electron chi connectivity index (χ2n) is 7.57. The lowest BCUT2D eigenvalue weighted by Crippen LogP contribution is -2.20. The molecule has 0 aliphatic heterocycles. The molecule has 24 heavy (non-hydrogen) atoms. The van der Waals surface area contributed by atoms with Crippen LogP contribution >= 0.6 is 0 Å². The molecular formula is C23H36O. The van der Waals surface area contributed by atoms with E-state index in [1.54, 1.807) is 0 Å². The number of allylic oxidation sites excluding steroid dienone is 4. The zero-order chi connectivity index (χ0) is 17.0. The lowest BCUT2D eigenvalue weighted by molar-refractivity contribution is 0.0302. The average Bonchev–Trinajstić information content (AvgIpc) is 2.61. The quantitative estimate of drug-likeness (QED) is 0.520. The van der Waals surface area contributed by atoms with E-state index in [4.69, 9.17) is 4.74 Å². The third-order valence-electron chi connectivity index (χ3n) is 5.70. The van der Waals surface area contributed by atoms with Crippen molar-refractivity contribution in [1.29, 1.82) is 0 Å². The molecule has 2 aliphatic rings. The van der Waals surface area contributed by atoms with Gasteiger partial charge in [-0.3, -0.25) is 0 Å². The molecule has 2 saturated carbocycles. The smallest absolute Gasteiger partial charge is 0.0575 e. The Hall–Kier alpha value is -1.00. The highest BCUT2D eigenvalue weighted by atomic mass is 16.5. The molecule has 0 aromatic heterocycles. The van der Waals surface area contributed by atoms with Crippen LogP contribution in [0.5, 0.6) is 0 Å². The van der Waals surface area contributed by atoms with Crippen LogP contribution in [0.1, 0.15) is 78.1 Å². The Morgan fingerprint density at radius 3 is 1.83 bits per heavy atom. The topological polar surface area (TPSA) is 9.23 Å². The summed E-state index contributed by atoms with van der Waals surface area (Å²) in [5, 5.41) is 0. The van der Waals surface area contributed by atoms with Crippen molar-refractivity contribution in [3.05, 3.63) is 24.3 Å². The summed E-state index contributed by atoms with van der Waals surface area (Å²) in [6.45, 7) is 5.24. The van der Waals surface area contributed by atoms with Gasteiger partial charge in [0.25, 0.3) is 0 Å². The largest absolute Gasteiger partial charge is 0.379 e. The van der Waals surface area contributed by atoms with Crippen LogP contribution in [0, 0.1) is 29.6 Å².